The normalized spacial score (nSPS) is 16.6. The van der Waals surface area contributed by atoms with Crippen molar-refractivity contribution in [2.45, 2.75) is 39.7 Å². The lowest BCUT2D eigenvalue weighted by atomic mass is 10.1. The molecule has 158 valence electrons. The van der Waals surface area contributed by atoms with Gasteiger partial charge in [0.15, 0.2) is 0 Å². The summed E-state index contributed by atoms with van der Waals surface area (Å²) in [7, 11) is -3.61. The molecule has 0 aromatic heterocycles. The molecule has 7 nitrogen and oxygen atoms in total. The van der Waals surface area contributed by atoms with E-state index in [2.05, 4.69) is 10.2 Å². The van der Waals surface area contributed by atoms with Crippen LogP contribution in [0.1, 0.15) is 30.9 Å². The molecule has 1 amide bonds. The van der Waals surface area contributed by atoms with Crippen LogP contribution in [0, 0.1) is 13.8 Å². The number of anilines is 1. The van der Waals surface area contributed by atoms with Crippen molar-refractivity contribution in [2.75, 3.05) is 50.0 Å². The molecule has 1 aliphatic rings. The molecule has 0 bridgehead atoms. The molecule has 1 saturated heterocycles. The molecular formula is C20H33N3O4S. The fourth-order valence-corrected chi connectivity index (χ4v) is 4.79. The molecule has 28 heavy (non-hydrogen) atoms. The number of sulfonamides is 1. The van der Waals surface area contributed by atoms with E-state index in [0.29, 0.717) is 18.7 Å². The number of morpholine rings is 1. The molecule has 0 aliphatic carbocycles. The van der Waals surface area contributed by atoms with Gasteiger partial charge >= 0.3 is 0 Å². The average molecular weight is 412 g/mol. The summed E-state index contributed by atoms with van der Waals surface area (Å²) in [6.07, 6.45) is 2.37. The molecule has 1 aromatic carbocycles. The van der Waals surface area contributed by atoms with Gasteiger partial charge in [-0.2, -0.15) is 0 Å². The van der Waals surface area contributed by atoms with Gasteiger partial charge in [-0.3, -0.25) is 14.0 Å². The first-order chi connectivity index (χ1) is 13.2. The Hall–Kier alpha value is -1.64. The van der Waals surface area contributed by atoms with Crippen molar-refractivity contribution in [1.29, 1.82) is 0 Å². The number of ether oxygens (including phenoxy) is 1. The third-order valence-electron chi connectivity index (χ3n) is 4.84. The predicted octanol–water partition coefficient (Wildman–Crippen LogP) is 1.69. The number of benzene rings is 1. The SMILES string of the molecule is CC[C@@H](C(=O)NCCCN1CCOCC1)N(c1cc(C)cc(C)c1)S(C)(=O)=O. The number of hydrogen-bond acceptors (Lipinski definition) is 5. The second-order valence-corrected chi connectivity index (χ2v) is 9.29. The number of aryl methyl sites for hydroxylation is 2. The maximum atomic E-state index is 12.8. The largest absolute Gasteiger partial charge is 0.379 e. The van der Waals surface area contributed by atoms with Crippen LogP contribution in [0.15, 0.2) is 18.2 Å². The molecule has 1 fully saturated rings. The number of rotatable bonds is 9. The molecule has 1 aromatic rings. The molecule has 1 aliphatic heterocycles. The summed E-state index contributed by atoms with van der Waals surface area (Å²) < 4.78 is 31.6. The smallest absolute Gasteiger partial charge is 0.243 e. The Balaban J connectivity index is 2.04. The van der Waals surface area contributed by atoms with E-state index in [4.69, 9.17) is 4.74 Å². The lowest BCUT2D eigenvalue weighted by Crippen LogP contribution is -2.49. The van der Waals surface area contributed by atoms with Crippen LogP contribution in [0.5, 0.6) is 0 Å². The van der Waals surface area contributed by atoms with E-state index in [1.54, 1.807) is 0 Å². The highest BCUT2D eigenvalue weighted by Crippen LogP contribution is 2.25. The zero-order valence-corrected chi connectivity index (χ0v) is 18.2. The van der Waals surface area contributed by atoms with Crippen molar-refractivity contribution in [3.8, 4) is 0 Å². The van der Waals surface area contributed by atoms with Crippen LogP contribution in [0.4, 0.5) is 5.69 Å². The van der Waals surface area contributed by atoms with Gasteiger partial charge in [-0.05, 0) is 56.5 Å². The highest BCUT2D eigenvalue weighted by molar-refractivity contribution is 7.92. The maximum Gasteiger partial charge on any atom is 0.243 e. The van der Waals surface area contributed by atoms with Crippen molar-refractivity contribution in [1.82, 2.24) is 10.2 Å². The Labute approximate surface area is 169 Å². The van der Waals surface area contributed by atoms with Gasteiger partial charge in [0, 0.05) is 19.6 Å². The molecule has 0 radical (unpaired) electrons. The molecule has 1 atom stereocenters. The molecule has 8 heteroatoms. The number of nitrogens with zero attached hydrogens (tertiary/aromatic N) is 2. The summed E-state index contributed by atoms with van der Waals surface area (Å²) in [4.78, 5) is 15.1. The Morgan fingerprint density at radius 2 is 1.82 bits per heavy atom. The van der Waals surface area contributed by atoms with Gasteiger partial charge in [0.25, 0.3) is 0 Å². The van der Waals surface area contributed by atoms with E-state index in [1.807, 2.05) is 39.0 Å². The standard InChI is InChI=1S/C20H33N3O4S/c1-5-19(20(24)21-7-6-8-22-9-11-27-12-10-22)23(28(4,25)26)18-14-16(2)13-17(3)15-18/h13-15,19H,5-12H2,1-4H3,(H,21,24)/t19-/m0/s1. The van der Waals surface area contributed by atoms with E-state index in [1.165, 1.54) is 4.31 Å². The topological polar surface area (TPSA) is 79.0 Å². The quantitative estimate of drug-likeness (QED) is 0.626. The van der Waals surface area contributed by atoms with Gasteiger partial charge in [-0.25, -0.2) is 8.42 Å². The molecule has 0 spiro atoms. The third-order valence-corrected chi connectivity index (χ3v) is 6.02. The van der Waals surface area contributed by atoms with E-state index in [0.717, 1.165) is 56.7 Å². The minimum atomic E-state index is -3.61. The van der Waals surface area contributed by atoms with Crippen molar-refractivity contribution in [2.24, 2.45) is 0 Å². The summed E-state index contributed by atoms with van der Waals surface area (Å²) in [6, 6.07) is 4.83. The predicted molar refractivity (Wildman–Crippen MR) is 112 cm³/mol. The minimum Gasteiger partial charge on any atom is -0.379 e. The van der Waals surface area contributed by atoms with Gasteiger partial charge in [0.1, 0.15) is 6.04 Å². The zero-order valence-electron chi connectivity index (χ0n) is 17.4. The summed E-state index contributed by atoms with van der Waals surface area (Å²) in [5.41, 5.74) is 2.46. The highest BCUT2D eigenvalue weighted by atomic mass is 32.2. The first-order valence-corrected chi connectivity index (χ1v) is 11.7. The van der Waals surface area contributed by atoms with Crippen LogP contribution in [-0.4, -0.2) is 70.9 Å². The molecule has 0 saturated carbocycles. The van der Waals surface area contributed by atoms with Crippen LogP contribution in [0.25, 0.3) is 0 Å². The Kier molecular flexibility index (Phi) is 8.27. The highest BCUT2D eigenvalue weighted by Gasteiger charge is 2.31. The van der Waals surface area contributed by atoms with Crippen molar-refractivity contribution < 1.29 is 17.9 Å². The lowest BCUT2D eigenvalue weighted by molar-refractivity contribution is -0.122. The zero-order chi connectivity index (χ0) is 20.7. The van der Waals surface area contributed by atoms with Crippen LogP contribution in [0.2, 0.25) is 0 Å². The number of carbonyl (C=O) groups excluding carboxylic acids is 1. The molecule has 1 N–H and O–H groups in total. The van der Waals surface area contributed by atoms with Gasteiger partial charge < -0.3 is 10.1 Å². The van der Waals surface area contributed by atoms with Crippen LogP contribution in [0.3, 0.4) is 0 Å². The first kappa shape index (κ1) is 22.6. The van der Waals surface area contributed by atoms with Crippen molar-refractivity contribution in [3.05, 3.63) is 29.3 Å². The van der Waals surface area contributed by atoms with E-state index >= 15 is 0 Å². The average Bonchev–Trinajstić information content (AvgIpc) is 2.61. The summed E-state index contributed by atoms with van der Waals surface area (Å²) in [5, 5.41) is 2.92. The van der Waals surface area contributed by atoms with E-state index in [-0.39, 0.29) is 5.91 Å². The van der Waals surface area contributed by atoms with Crippen molar-refractivity contribution >= 4 is 21.6 Å². The van der Waals surface area contributed by atoms with Gasteiger partial charge in [-0.15, -0.1) is 0 Å². The maximum absolute atomic E-state index is 12.8. The Bertz CT molecular complexity index is 740. The summed E-state index contributed by atoms with van der Waals surface area (Å²) in [5.74, 6) is -0.255. The fraction of sp³-hybridized carbons (Fsp3) is 0.650. The number of carbonyl (C=O) groups is 1. The van der Waals surface area contributed by atoms with Crippen molar-refractivity contribution in [3.63, 3.8) is 0 Å². The minimum absolute atomic E-state index is 0.255. The summed E-state index contributed by atoms with van der Waals surface area (Å²) >= 11 is 0. The van der Waals surface area contributed by atoms with E-state index in [9.17, 15) is 13.2 Å². The van der Waals surface area contributed by atoms with Gasteiger partial charge in [0.2, 0.25) is 15.9 Å². The number of hydrogen-bond donors (Lipinski definition) is 1. The summed E-state index contributed by atoms with van der Waals surface area (Å²) in [6.45, 7) is 10.4. The second-order valence-electron chi connectivity index (χ2n) is 7.43. The second kappa shape index (κ2) is 10.2. The van der Waals surface area contributed by atoms with Crippen LogP contribution in [-0.2, 0) is 19.6 Å². The fourth-order valence-electron chi connectivity index (χ4n) is 3.59. The van der Waals surface area contributed by atoms with Gasteiger partial charge in [-0.1, -0.05) is 13.0 Å². The van der Waals surface area contributed by atoms with Crippen LogP contribution >= 0.6 is 0 Å². The van der Waals surface area contributed by atoms with Crippen LogP contribution < -0.4 is 9.62 Å². The molecule has 1 heterocycles. The third kappa shape index (κ3) is 6.46. The number of amides is 1. The van der Waals surface area contributed by atoms with Gasteiger partial charge in [0.05, 0.1) is 25.2 Å². The molecule has 0 unspecified atom stereocenters. The first-order valence-electron chi connectivity index (χ1n) is 9.88. The lowest BCUT2D eigenvalue weighted by Gasteiger charge is -2.31. The van der Waals surface area contributed by atoms with E-state index < -0.39 is 16.1 Å². The monoisotopic (exact) mass is 411 g/mol. The molecule has 2 rings (SSSR count). The Morgan fingerprint density at radius 3 is 2.36 bits per heavy atom. The number of nitrogens with one attached hydrogen (secondary N) is 1. The Morgan fingerprint density at radius 1 is 1.21 bits per heavy atom. The molecular weight excluding hydrogens is 378 g/mol.